The summed E-state index contributed by atoms with van der Waals surface area (Å²) in [5.74, 6) is 0.139. The van der Waals surface area contributed by atoms with Crippen molar-refractivity contribution in [2.75, 3.05) is 17.2 Å². The molecule has 4 rings (SSSR count). The fourth-order valence-corrected chi connectivity index (χ4v) is 3.74. The van der Waals surface area contributed by atoms with E-state index in [-0.39, 0.29) is 11.8 Å². The summed E-state index contributed by atoms with van der Waals surface area (Å²) in [6.07, 6.45) is 4.75. The molecule has 10 heteroatoms. The van der Waals surface area contributed by atoms with Gasteiger partial charge in [0.25, 0.3) is 11.8 Å². The number of aromatic nitrogens is 4. The molecule has 3 aromatic heterocycles. The molecule has 3 heterocycles. The fraction of sp³-hybridized carbons (Fsp3) is 0.190. The quantitative estimate of drug-likeness (QED) is 0.427. The van der Waals surface area contributed by atoms with Gasteiger partial charge in [0.05, 0.1) is 5.56 Å². The van der Waals surface area contributed by atoms with Gasteiger partial charge in [-0.15, -0.1) is 11.3 Å². The molecule has 0 aliphatic heterocycles. The van der Waals surface area contributed by atoms with E-state index >= 15 is 0 Å². The van der Waals surface area contributed by atoms with E-state index in [9.17, 15) is 9.59 Å². The van der Waals surface area contributed by atoms with Crippen LogP contribution in [0.15, 0.2) is 42.3 Å². The van der Waals surface area contributed by atoms with E-state index in [1.54, 1.807) is 34.4 Å². The van der Waals surface area contributed by atoms with Gasteiger partial charge < -0.3 is 10.6 Å². The molecule has 31 heavy (non-hydrogen) atoms. The number of carbonyl (C=O) groups excluding carboxylic acids is 2. The Bertz CT molecular complexity index is 1260. The van der Waals surface area contributed by atoms with Gasteiger partial charge in [-0.05, 0) is 44.0 Å². The highest BCUT2D eigenvalue weighted by Crippen LogP contribution is 2.27. The predicted octanol–water partition coefficient (Wildman–Crippen LogP) is 3.55. The van der Waals surface area contributed by atoms with Crippen LogP contribution in [0, 0.1) is 13.8 Å². The fourth-order valence-electron chi connectivity index (χ4n) is 3.22. The van der Waals surface area contributed by atoms with E-state index in [1.165, 1.54) is 17.7 Å². The summed E-state index contributed by atoms with van der Waals surface area (Å²) in [7, 11) is 0. The Balaban J connectivity index is 1.67. The smallest absolute Gasteiger partial charge is 0.257 e. The van der Waals surface area contributed by atoms with Crippen LogP contribution in [-0.2, 0) is 0 Å². The lowest BCUT2D eigenvalue weighted by molar-refractivity contribution is 0.0954. The van der Waals surface area contributed by atoms with Crippen molar-refractivity contribution in [3.8, 4) is 0 Å². The third-order valence-electron chi connectivity index (χ3n) is 4.81. The van der Waals surface area contributed by atoms with Gasteiger partial charge in [-0.1, -0.05) is 6.07 Å². The van der Waals surface area contributed by atoms with Crippen LogP contribution in [0.4, 0.5) is 16.6 Å². The molecule has 0 spiro atoms. The highest BCUT2D eigenvalue weighted by molar-refractivity contribution is 7.13. The number of nitrogens with one attached hydrogen (secondary N) is 3. The molecule has 0 saturated carbocycles. The van der Waals surface area contributed by atoms with Crippen LogP contribution in [0.1, 0.15) is 38.8 Å². The van der Waals surface area contributed by atoms with Crippen LogP contribution < -0.4 is 16.0 Å². The minimum absolute atomic E-state index is 0.159. The third kappa shape index (κ3) is 4.10. The molecule has 158 valence electrons. The summed E-state index contributed by atoms with van der Waals surface area (Å²) in [5, 5.41) is 15.5. The SMILES string of the molecule is CCNC(=O)c1cn2ncnc(Nc3cc(C(=O)Nc4nccs4)ccc3C)c2c1C. The molecule has 0 saturated heterocycles. The highest BCUT2D eigenvalue weighted by Gasteiger charge is 2.18. The maximum atomic E-state index is 12.6. The maximum Gasteiger partial charge on any atom is 0.257 e. The molecule has 0 bridgehead atoms. The zero-order chi connectivity index (χ0) is 22.0. The Labute approximate surface area is 182 Å². The summed E-state index contributed by atoms with van der Waals surface area (Å²) < 4.78 is 1.63. The van der Waals surface area contributed by atoms with Gasteiger partial charge >= 0.3 is 0 Å². The van der Waals surface area contributed by atoms with Crippen molar-refractivity contribution in [1.82, 2.24) is 24.9 Å². The molecule has 0 radical (unpaired) electrons. The number of carbonyl (C=O) groups is 2. The van der Waals surface area contributed by atoms with E-state index in [2.05, 4.69) is 31.0 Å². The first-order valence-corrected chi connectivity index (χ1v) is 10.6. The lowest BCUT2D eigenvalue weighted by atomic mass is 10.1. The van der Waals surface area contributed by atoms with Gasteiger partial charge in [0, 0.05) is 35.6 Å². The Morgan fingerprint density at radius 2 is 2.00 bits per heavy atom. The van der Waals surface area contributed by atoms with Crippen LogP contribution >= 0.6 is 11.3 Å². The van der Waals surface area contributed by atoms with Gasteiger partial charge in [-0.2, -0.15) is 5.10 Å². The van der Waals surface area contributed by atoms with Gasteiger partial charge in [0.1, 0.15) is 11.8 Å². The van der Waals surface area contributed by atoms with Crippen molar-refractivity contribution >= 4 is 45.3 Å². The van der Waals surface area contributed by atoms with Gasteiger partial charge in [-0.25, -0.2) is 14.5 Å². The van der Waals surface area contributed by atoms with Crippen LogP contribution in [0.5, 0.6) is 0 Å². The van der Waals surface area contributed by atoms with Gasteiger partial charge in [-0.3, -0.25) is 14.9 Å². The van der Waals surface area contributed by atoms with Crippen molar-refractivity contribution in [2.45, 2.75) is 20.8 Å². The minimum atomic E-state index is -0.247. The summed E-state index contributed by atoms with van der Waals surface area (Å²) in [6.45, 7) is 6.21. The lowest BCUT2D eigenvalue weighted by Gasteiger charge is -2.12. The molecule has 1 aromatic carbocycles. The predicted molar refractivity (Wildman–Crippen MR) is 120 cm³/mol. The number of amides is 2. The van der Waals surface area contributed by atoms with Crippen molar-refractivity contribution < 1.29 is 9.59 Å². The molecule has 4 aromatic rings. The number of aryl methyl sites for hydroxylation is 2. The molecule has 0 fully saturated rings. The zero-order valence-corrected chi connectivity index (χ0v) is 18.1. The Hall–Kier alpha value is -3.79. The first-order chi connectivity index (χ1) is 15.0. The summed E-state index contributed by atoms with van der Waals surface area (Å²) >= 11 is 1.36. The molecule has 0 unspecified atom stereocenters. The van der Waals surface area contributed by atoms with E-state index in [4.69, 9.17) is 0 Å². The summed E-state index contributed by atoms with van der Waals surface area (Å²) in [4.78, 5) is 33.4. The number of fused-ring (bicyclic) bond motifs is 1. The van der Waals surface area contributed by atoms with Gasteiger partial charge in [0.2, 0.25) is 0 Å². The van der Waals surface area contributed by atoms with Crippen LogP contribution in [0.3, 0.4) is 0 Å². The highest BCUT2D eigenvalue weighted by atomic mass is 32.1. The Morgan fingerprint density at radius 3 is 2.74 bits per heavy atom. The molecule has 0 aliphatic rings. The second-order valence-electron chi connectivity index (χ2n) is 6.88. The van der Waals surface area contributed by atoms with Crippen molar-refractivity contribution in [1.29, 1.82) is 0 Å². The molecule has 0 aliphatic carbocycles. The van der Waals surface area contributed by atoms with Gasteiger partial charge in [0.15, 0.2) is 10.9 Å². The normalized spacial score (nSPS) is 10.8. The van der Waals surface area contributed by atoms with Crippen LogP contribution in [0.2, 0.25) is 0 Å². The Morgan fingerprint density at radius 1 is 1.16 bits per heavy atom. The van der Waals surface area contributed by atoms with Crippen LogP contribution in [-0.4, -0.2) is 37.9 Å². The van der Waals surface area contributed by atoms with Crippen molar-refractivity contribution in [2.24, 2.45) is 0 Å². The first kappa shape index (κ1) is 20.5. The van der Waals surface area contributed by atoms with E-state index in [0.717, 1.165) is 16.8 Å². The standard InChI is InChI=1S/C21H21N7O2S/c1-4-22-20(30)15-10-28-17(13(15)3)18(24-11-25-28)26-16-9-14(6-5-12(16)2)19(29)27-21-23-7-8-31-21/h5-11H,4H2,1-3H3,(H,22,30)(H,23,27,29)(H,24,25,26). The Kier molecular flexibility index (Phi) is 5.63. The molecular formula is C21H21N7O2S. The maximum absolute atomic E-state index is 12.6. The topological polar surface area (TPSA) is 113 Å². The number of benzene rings is 1. The second kappa shape index (κ2) is 8.52. The summed E-state index contributed by atoms with van der Waals surface area (Å²) in [5.41, 5.74) is 4.16. The monoisotopic (exact) mass is 435 g/mol. The second-order valence-corrected chi connectivity index (χ2v) is 7.77. The number of nitrogens with zero attached hydrogens (tertiary/aromatic N) is 4. The molecular weight excluding hydrogens is 414 g/mol. The number of hydrogen-bond donors (Lipinski definition) is 3. The third-order valence-corrected chi connectivity index (χ3v) is 5.50. The summed E-state index contributed by atoms with van der Waals surface area (Å²) in [6, 6.07) is 5.39. The van der Waals surface area contributed by atoms with Crippen molar-refractivity contribution in [3.63, 3.8) is 0 Å². The van der Waals surface area contributed by atoms with Crippen LogP contribution in [0.25, 0.3) is 5.52 Å². The largest absolute Gasteiger partial charge is 0.352 e. The van der Waals surface area contributed by atoms with Crippen molar-refractivity contribution in [3.05, 3.63) is 64.6 Å². The number of anilines is 3. The van der Waals surface area contributed by atoms with E-state index in [0.29, 0.717) is 34.1 Å². The zero-order valence-electron chi connectivity index (χ0n) is 17.3. The number of hydrogen-bond acceptors (Lipinski definition) is 7. The molecule has 2 amide bonds. The number of thiazole rings is 1. The van der Waals surface area contributed by atoms with E-state index < -0.39 is 0 Å². The number of rotatable bonds is 6. The molecule has 3 N–H and O–H groups in total. The molecule has 9 nitrogen and oxygen atoms in total. The average molecular weight is 436 g/mol. The minimum Gasteiger partial charge on any atom is -0.352 e. The molecule has 0 atom stereocenters. The first-order valence-electron chi connectivity index (χ1n) is 9.67. The average Bonchev–Trinajstić information content (AvgIpc) is 3.38. The van der Waals surface area contributed by atoms with E-state index in [1.807, 2.05) is 26.8 Å². The lowest BCUT2D eigenvalue weighted by Crippen LogP contribution is -2.22.